The largest absolute Gasteiger partial charge is 0.310 e. The Bertz CT molecular complexity index is 837. The highest BCUT2D eigenvalue weighted by Crippen LogP contribution is 2.35. The van der Waals surface area contributed by atoms with Gasteiger partial charge in [0.25, 0.3) is 0 Å². The molecular weight excluding hydrogens is 297 g/mol. The highest BCUT2D eigenvalue weighted by Gasteiger charge is 2.13. The first-order valence-corrected chi connectivity index (χ1v) is 8.17. The van der Waals surface area contributed by atoms with Crippen molar-refractivity contribution in [1.82, 2.24) is 0 Å². The molecule has 0 saturated carbocycles. The SMILES string of the molecule is Cc1cccc(N(c2ccc(CF)cc2)c2ccc(C)c(C)c2)c1. The first-order chi connectivity index (χ1) is 11.6. The van der Waals surface area contributed by atoms with E-state index in [1.807, 2.05) is 24.3 Å². The molecule has 0 heterocycles. The second kappa shape index (κ2) is 6.88. The van der Waals surface area contributed by atoms with Crippen LogP contribution < -0.4 is 4.90 Å². The Hall–Kier alpha value is -2.61. The molecular formula is C22H22FN. The number of benzene rings is 3. The van der Waals surface area contributed by atoms with Gasteiger partial charge in [0, 0.05) is 17.1 Å². The normalized spacial score (nSPS) is 10.7. The van der Waals surface area contributed by atoms with E-state index in [2.05, 4.69) is 68.1 Å². The summed E-state index contributed by atoms with van der Waals surface area (Å²) >= 11 is 0. The number of hydrogen-bond acceptors (Lipinski definition) is 1. The molecule has 0 atom stereocenters. The lowest BCUT2D eigenvalue weighted by Crippen LogP contribution is -2.10. The Morgan fingerprint density at radius 3 is 2.00 bits per heavy atom. The van der Waals surface area contributed by atoms with Crippen molar-refractivity contribution >= 4 is 17.1 Å². The summed E-state index contributed by atoms with van der Waals surface area (Å²) < 4.78 is 12.8. The predicted octanol–water partition coefficient (Wildman–Crippen LogP) is 6.55. The summed E-state index contributed by atoms with van der Waals surface area (Å²) in [7, 11) is 0. The maximum atomic E-state index is 12.8. The van der Waals surface area contributed by atoms with E-state index in [1.54, 1.807) is 0 Å². The smallest absolute Gasteiger partial charge is 0.115 e. The minimum absolute atomic E-state index is 0.436. The van der Waals surface area contributed by atoms with Crippen molar-refractivity contribution in [1.29, 1.82) is 0 Å². The molecule has 3 aromatic carbocycles. The average Bonchev–Trinajstić information content (AvgIpc) is 2.59. The van der Waals surface area contributed by atoms with Gasteiger partial charge >= 0.3 is 0 Å². The molecule has 0 aliphatic rings. The highest BCUT2D eigenvalue weighted by molar-refractivity contribution is 5.77. The Balaban J connectivity index is 2.14. The van der Waals surface area contributed by atoms with Crippen molar-refractivity contribution < 1.29 is 4.39 Å². The maximum absolute atomic E-state index is 12.8. The molecule has 0 aromatic heterocycles. The molecule has 0 saturated heterocycles. The van der Waals surface area contributed by atoms with Crippen LogP contribution in [0.25, 0.3) is 0 Å². The van der Waals surface area contributed by atoms with Gasteiger partial charge in [-0.05, 0) is 79.4 Å². The van der Waals surface area contributed by atoms with Gasteiger partial charge in [0.15, 0.2) is 0 Å². The van der Waals surface area contributed by atoms with Crippen LogP contribution in [0.1, 0.15) is 22.3 Å². The zero-order valence-corrected chi connectivity index (χ0v) is 14.4. The topological polar surface area (TPSA) is 3.24 Å². The molecule has 0 N–H and O–H groups in total. The predicted molar refractivity (Wildman–Crippen MR) is 100 cm³/mol. The minimum Gasteiger partial charge on any atom is -0.310 e. The molecule has 0 spiro atoms. The van der Waals surface area contributed by atoms with E-state index in [9.17, 15) is 4.39 Å². The molecule has 3 aromatic rings. The molecule has 3 rings (SSSR count). The van der Waals surface area contributed by atoms with Crippen LogP contribution in [0.4, 0.5) is 21.5 Å². The monoisotopic (exact) mass is 319 g/mol. The molecule has 0 aliphatic heterocycles. The summed E-state index contributed by atoms with van der Waals surface area (Å²) in [6.45, 7) is 5.90. The summed E-state index contributed by atoms with van der Waals surface area (Å²) in [5.74, 6) is 0. The van der Waals surface area contributed by atoms with Crippen molar-refractivity contribution in [2.75, 3.05) is 4.90 Å². The molecule has 24 heavy (non-hydrogen) atoms. The molecule has 2 heteroatoms. The fourth-order valence-electron chi connectivity index (χ4n) is 2.81. The molecule has 0 bridgehead atoms. The summed E-state index contributed by atoms with van der Waals surface area (Å²) in [4.78, 5) is 2.21. The number of hydrogen-bond donors (Lipinski definition) is 0. The van der Waals surface area contributed by atoms with E-state index in [4.69, 9.17) is 0 Å². The van der Waals surface area contributed by atoms with Gasteiger partial charge in [-0.2, -0.15) is 0 Å². The van der Waals surface area contributed by atoms with Crippen molar-refractivity contribution in [3.8, 4) is 0 Å². The lowest BCUT2D eigenvalue weighted by atomic mass is 10.1. The van der Waals surface area contributed by atoms with Gasteiger partial charge in [-0.15, -0.1) is 0 Å². The van der Waals surface area contributed by atoms with Gasteiger partial charge in [0.1, 0.15) is 6.67 Å². The standard InChI is InChI=1S/C22H22FN/c1-16-5-4-6-21(13-16)24(20-11-8-19(15-23)9-12-20)22-10-7-17(2)18(3)14-22/h4-14H,15H2,1-3H3. The molecule has 1 nitrogen and oxygen atoms in total. The van der Waals surface area contributed by atoms with Crippen molar-refractivity contribution in [2.45, 2.75) is 27.4 Å². The lowest BCUT2D eigenvalue weighted by Gasteiger charge is -2.26. The third-order valence-electron chi connectivity index (χ3n) is 4.36. The Labute approximate surface area is 143 Å². The first kappa shape index (κ1) is 16.3. The van der Waals surface area contributed by atoms with Crippen LogP contribution in [0.5, 0.6) is 0 Å². The van der Waals surface area contributed by atoms with E-state index >= 15 is 0 Å². The van der Waals surface area contributed by atoms with E-state index < -0.39 is 6.67 Å². The summed E-state index contributed by atoms with van der Waals surface area (Å²) in [6.07, 6.45) is 0. The fourth-order valence-corrected chi connectivity index (χ4v) is 2.81. The fraction of sp³-hybridized carbons (Fsp3) is 0.182. The number of alkyl halides is 1. The minimum atomic E-state index is -0.436. The molecule has 0 radical (unpaired) electrons. The van der Waals surface area contributed by atoms with Gasteiger partial charge in [0.05, 0.1) is 0 Å². The number of anilines is 3. The van der Waals surface area contributed by atoms with Crippen molar-refractivity contribution in [2.24, 2.45) is 0 Å². The van der Waals surface area contributed by atoms with Crippen LogP contribution in [0.2, 0.25) is 0 Å². The third kappa shape index (κ3) is 3.33. The van der Waals surface area contributed by atoms with Crippen LogP contribution in [0.15, 0.2) is 66.7 Å². The average molecular weight is 319 g/mol. The molecule has 0 unspecified atom stereocenters. The molecule has 0 aliphatic carbocycles. The van der Waals surface area contributed by atoms with E-state index in [0.29, 0.717) is 5.56 Å². The third-order valence-corrected chi connectivity index (χ3v) is 4.36. The first-order valence-electron chi connectivity index (χ1n) is 8.17. The van der Waals surface area contributed by atoms with Crippen LogP contribution >= 0.6 is 0 Å². The summed E-state index contributed by atoms with van der Waals surface area (Å²) in [5.41, 5.74) is 7.68. The van der Waals surface area contributed by atoms with Crippen LogP contribution in [-0.4, -0.2) is 0 Å². The Morgan fingerprint density at radius 2 is 1.38 bits per heavy atom. The van der Waals surface area contributed by atoms with E-state index in [1.165, 1.54) is 16.7 Å². The Kier molecular flexibility index (Phi) is 4.66. The van der Waals surface area contributed by atoms with Crippen molar-refractivity contribution in [3.63, 3.8) is 0 Å². The zero-order chi connectivity index (χ0) is 17.1. The lowest BCUT2D eigenvalue weighted by molar-refractivity contribution is 0.485. The summed E-state index contributed by atoms with van der Waals surface area (Å²) in [6, 6.07) is 22.5. The quantitative estimate of drug-likeness (QED) is 0.527. The molecule has 0 fully saturated rings. The van der Waals surface area contributed by atoms with Crippen LogP contribution in [0, 0.1) is 20.8 Å². The van der Waals surface area contributed by atoms with E-state index in [-0.39, 0.29) is 0 Å². The van der Waals surface area contributed by atoms with E-state index in [0.717, 1.165) is 17.1 Å². The maximum Gasteiger partial charge on any atom is 0.115 e. The van der Waals surface area contributed by atoms with Gasteiger partial charge < -0.3 is 4.90 Å². The number of nitrogens with zero attached hydrogens (tertiary/aromatic N) is 1. The number of aryl methyl sites for hydroxylation is 3. The summed E-state index contributed by atoms with van der Waals surface area (Å²) in [5, 5.41) is 0. The van der Waals surface area contributed by atoms with Crippen molar-refractivity contribution in [3.05, 3.63) is 89.0 Å². The van der Waals surface area contributed by atoms with Gasteiger partial charge in [-0.25, -0.2) is 4.39 Å². The van der Waals surface area contributed by atoms with Gasteiger partial charge in [-0.1, -0.05) is 30.3 Å². The second-order valence-electron chi connectivity index (χ2n) is 6.24. The number of rotatable bonds is 4. The number of halogens is 1. The highest BCUT2D eigenvalue weighted by atomic mass is 19.1. The second-order valence-corrected chi connectivity index (χ2v) is 6.24. The van der Waals surface area contributed by atoms with Crippen LogP contribution in [0.3, 0.4) is 0 Å². The zero-order valence-electron chi connectivity index (χ0n) is 14.4. The van der Waals surface area contributed by atoms with Gasteiger partial charge in [-0.3, -0.25) is 0 Å². The Morgan fingerprint density at radius 1 is 0.708 bits per heavy atom. The molecule has 0 amide bonds. The van der Waals surface area contributed by atoms with Crippen LogP contribution in [-0.2, 0) is 6.67 Å². The van der Waals surface area contributed by atoms with Gasteiger partial charge in [0.2, 0.25) is 0 Å². The molecule has 122 valence electrons.